The fraction of sp³-hybridized carbons (Fsp3) is 0.235. The van der Waals surface area contributed by atoms with Crippen LogP contribution in [0.3, 0.4) is 0 Å². The number of imidazole rings is 1. The van der Waals surface area contributed by atoms with Crippen molar-refractivity contribution in [2.45, 2.75) is 23.8 Å². The third-order valence-corrected chi connectivity index (χ3v) is 5.48. The molecule has 0 bridgehead atoms. The van der Waals surface area contributed by atoms with Gasteiger partial charge in [-0.1, -0.05) is 30.0 Å². The zero-order chi connectivity index (χ0) is 16.7. The summed E-state index contributed by atoms with van der Waals surface area (Å²) in [6, 6.07) is 10.0. The molecule has 5 nitrogen and oxygen atoms in total. The normalized spacial score (nSPS) is 14.8. The van der Waals surface area contributed by atoms with Crippen LogP contribution in [0.5, 0.6) is 0 Å². The summed E-state index contributed by atoms with van der Waals surface area (Å²) in [5.41, 5.74) is 3.79. The molecule has 1 atom stereocenters. The zero-order valence-corrected chi connectivity index (χ0v) is 15.4. The van der Waals surface area contributed by atoms with E-state index in [0.717, 1.165) is 28.6 Å². The number of H-pyrrole nitrogens is 1. The molecule has 1 aliphatic rings. The van der Waals surface area contributed by atoms with E-state index in [9.17, 15) is 4.79 Å². The smallest absolute Gasteiger partial charge is 0.240 e. The largest absolute Gasteiger partial charge is 0.331 e. The maximum atomic E-state index is 12.8. The molecule has 3 heterocycles. The molecule has 0 saturated heterocycles. The van der Waals surface area contributed by atoms with Gasteiger partial charge in [-0.25, -0.2) is 9.97 Å². The van der Waals surface area contributed by atoms with Crippen molar-refractivity contribution in [2.75, 3.05) is 11.4 Å². The van der Waals surface area contributed by atoms with Gasteiger partial charge in [-0.05, 0) is 47.0 Å². The first kappa shape index (κ1) is 15.7. The van der Waals surface area contributed by atoms with Crippen molar-refractivity contribution in [2.24, 2.45) is 0 Å². The minimum Gasteiger partial charge on any atom is -0.331 e. The Hall–Kier alpha value is -1.86. The molecule has 0 unspecified atom stereocenters. The molecule has 122 valence electrons. The van der Waals surface area contributed by atoms with Crippen molar-refractivity contribution in [3.63, 3.8) is 0 Å². The predicted molar refractivity (Wildman–Crippen MR) is 99.4 cm³/mol. The topological polar surface area (TPSA) is 61.9 Å². The third-order valence-electron chi connectivity index (χ3n) is 4.07. The molecule has 24 heavy (non-hydrogen) atoms. The van der Waals surface area contributed by atoms with Gasteiger partial charge in [-0.15, -0.1) is 0 Å². The Balaban J connectivity index is 1.53. The number of halogens is 1. The van der Waals surface area contributed by atoms with Crippen molar-refractivity contribution < 1.29 is 4.79 Å². The molecular formula is C17H15BrN4OS. The first-order valence-corrected chi connectivity index (χ1v) is 9.36. The number of nitrogens with one attached hydrogen (secondary N) is 1. The molecule has 0 radical (unpaired) electrons. The van der Waals surface area contributed by atoms with Crippen molar-refractivity contribution in [1.82, 2.24) is 15.0 Å². The summed E-state index contributed by atoms with van der Waals surface area (Å²) in [6.07, 6.45) is 2.63. The lowest BCUT2D eigenvalue weighted by Crippen LogP contribution is -2.35. The molecule has 1 amide bonds. The molecule has 1 aliphatic heterocycles. The highest BCUT2D eigenvalue weighted by Crippen LogP contribution is 2.31. The van der Waals surface area contributed by atoms with E-state index in [2.05, 4.69) is 36.9 Å². The van der Waals surface area contributed by atoms with E-state index < -0.39 is 0 Å². The van der Waals surface area contributed by atoms with Crippen LogP contribution in [-0.4, -0.2) is 32.7 Å². The van der Waals surface area contributed by atoms with Crippen LogP contribution in [0.15, 0.2) is 46.2 Å². The summed E-state index contributed by atoms with van der Waals surface area (Å²) in [5, 5.41) is 0.490. The highest BCUT2D eigenvalue weighted by molar-refractivity contribution is 9.10. The van der Waals surface area contributed by atoms with Crippen molar-refractivity contribution in [3.05, 3.63) is 46.6 Å². The van der Waals surface area contributed by atoms with Gasteiger partial charge in [0.05, 0.1) is 10.8 Å². The first-order valence-electron chi connectivity index (χ1n) is 7.69. The predicted octanol–water partition coefficient (Wildman–Crippen LogP) is 3.79. The minimum absolute atomic E-state index is 0.111. The summed E-state index contributed by atoms with van der Waals surface area (Å²) in [5.74, 6) is 0.111. The fourth-order valence-electron chi connectivity index (χ4n) is 2.91. The maximum absolute atomic E-state index is 12.8. The Labute approximate surface area is 152 Å². The molecule has 1 N–H and O–H groups in total. The number of aromatic nitrogens is 3. The van der Waals surface area contributed by atoms with Gasteiger partial charge in [-0.3, -0.25) is 4.79 Å². The molecule has 0 fully saturated rings. The van der Waals surface area contributed by atoms with E-state index in [-0.39, 0.29) is 11.2 Å². The van der Waals surface area contributed by atoms with Crippen LogP contribution in [0.2, 0.25) is 0 Å². The van der Waals surface area contributed by atoms with Gasteiger partial charge in [0.1, 0.15) is 0 Å². The summed E-state index contributed by atoms with van der Waals surface area (Å²) >= 11 is 4.83. The third kappa shape index (κ3) is 2.82. The lowest BCUT2D eigenvalue weighted by atomic mass is 10.2. The van der Waals surface area contributed by atoms with Crippen LogP contribution in [0.1, 0.15) is 12.5 Å². The second-order valence-electron chi connectivity index (χ2n) is 5.70. The summed E-state index contributed by atoms with van der Waals surface area (Å²) in [6.45, 7) is 2.67. The van der Waals surface area contributed by atoms with Crippen LogP contribution in [-0.2, 0) is 11.2 Å². The quantitative estimate of drug-likeness (QED) is 0.676. The number of anilines is 1. The van der Waals surface area contributed by atoms with E-state index in [1.165, 1.54) is 17.3 Å². The van der Waals surface area contributed by atoms with Crippen molar-refractivity contribution in [3.8, 4) is 0 Å². The van der Waals surface area contributed by atoms with Gasteiger partial charge in [0.15, 0.2) is 10.8 Å². The number of benzene rings is 1. The number of hydrogen-bond donors (Lipinski definition) is 1. The average Bonchev–Trinajstić information content (AvgIpc) is 3.17. The van der Waals surface area contributed by atoms with Gasteiger partial charge in [0.2, 0.25) is 5.91 Å². The van der Waals surface area contributed by atoms with Crippen molar-refractivity contribution >= 4 is 50.5 Å². The number of hydrogen-bond acceptors (Lipinski definition) is 4. The molecule has 2 aromatic heterocycles. The number of rotatable bonds is 3. The highest BCUT2D eigenvalue weighted by atomic mass is 79.9. The second kappa shape index (κ2) is 6.22. The van der Waals surface area contributed by atoms with Crippen LogP contribution in [0.4, 0.5) is 5.69 Å². The Bertz CT molecular complexity index is 926. The standard InChI is InChI=1S/C17H15BrN4OS/c1-10(16(23)22-7-6-11-4-2-3-5-14(11)22)24-17-20-13-8-12(18)9-19-15(13)21-17/h2-5,8-10H,6-7H2,1H3,(H,19,20,21)/t10-/m1/s1. The van der Waals surface area contributed by atoms with E-state index in [1.807, 2.05) is 36.1 Å². The highest BCUT2D eigenvalue weighted by Gasteiger charge is 2.28. The van der Waals surface area contributed by atoms with Gasteiger partial charge in [0.25, 0.3) is 0 Å². The van der Waals surface area contributed by atoms with Crippen LogP contribution < -0.4 is 4.90 Å². The van der Waals surface area contributed by atoms with E-state index in [1.54, 1.807) is 6.20 Å². The van der Waals surface area contributed by atoms with E-state index >= 15 is 0 Å². The molecule has 0 aliphatic carbocycles. The van der Waals surface area contributed by atoms with Crippen molar-refractivity contribution in [1.29, 1.82) is 0 Å². The van der Waals surface area contributed by atoms with Crippen LogP contribution in [0.25, 0.3) is 11.2 Å². The van der Waals surface area contributed by atoms with Gasteiger partial charge in [0, 0.05) is 22.9 Å². The van der Waals surface area contributed by atoms with E-state index in [0.29, 0.717) is 10.8 Å². The van der Waals surface area contributed by atoms with Gasteiger partial charge in [-0.2, -0.15) is 0 Å². The Morgan fingerprint density at radius 1 is 1.42 bits per heavy atom. The average molecular weight is 403 g/mol. The summed E-state index contributed by atoms with van der Waals surface area (Å²) in [7, 11) is 0. The van der Waals surface area contributed by atoms with Crippen LogP contribution >= 0.6 is 27.7 Å². The Morgan fingerprint density at radius 3 is 3.12 bits per heavy atom. The number of para-hydroxylation sites is 1. The number of fused-ring (bicyclic) bond motifs is 2. The number of nitrogens with zero attached hydrogens (tertiary/aromatic N) is 3. The minimum atomic E-state index is -0.222. The van der Waals surface area contributed by atoms with Gasteiger partial charge >= 0.3 is 0 Å². The number of pyridine rings is 1. The molecule has 3 aromatic rings. The van der Waals surface area contributed by atoms with Gasteiger partial charge < -0.3 is 9.88 Å². The summed E-state index contributed by atoms with van der Waals surface area (Å²) in [4.78, 5) is 26.6. The lowest BCUT2D eigenvalue weighted by Gasteiger charge is -2.20. The number of thioether (sulfide) groups is 1. The first-order chi connectivity index (χ1) is 11.6. The molecule has 7 heteroatoms. The Morgan fingerprint density at radius 2 is 2.25 bits per heavy atom. The number of carbonyl (C=O) groups is 1. The monoisotopic (exact) mass is 402 g/mol. The van der Waals surface area contributed by atoms with Crippen LogP contribution in [0, 0.1) is 0 Å². The Kier molecular flexibility index (Phi) is 4.05. The van der Waals surface area contributed by atoms with E-state index in [4.69, 9.17) is 0 Å². The number of amides is 1. The zero-order valence-electron chi connectivity index (χ0n) is 13.0. The molecule has 4 rings (SSSR count). The SMILES string of the molecule is C[C@@H](Sc1nc2ncc(Br)cc2[nH]1)C(=O)N1CCc2ccccc21. The maximum Gasteiger partial charge on any atom is 0.240 e. The number of aromatic amines is 1. The molecule has 1 aromatic carbocycles. The lowest BCUT2D eigenvalue weighted by molar-refractivity contribution is -0.117. The summed E-state index contributed by atoms with van der Waals surface area (Å²) < 4.78 is 0.896. The molecule has 0 saturated carbocycles. The molecular weight excluding hydrogens is 388 g/mol. The second-order valence-corrected chi connectivity index (χ2v) is 7.94. The number of carbonyl (C=O) groups excluding carboxylic acids is 1. The fourth-order valence-corrected chi connectivity index (χ4v) is 4.12. The molecule has 0 spiro atoms.